The molecule has 0 aromatic heterocycles. The first-order valence-corrected chi connectivity index (χ1v) is 8.45. The standard InChI is InChI=1S/C13H18BrNO2S/c1-15(10-11-4-2-3-5-11)18(16,17)13-8-6-12(14)7-9-13/h6-9,11H,2-5,10H2,1H3. The van der Waals surface area contributed by atoms with Gasteiger partial charge in [-0.05, 0) is 43.0 Å². The van der Waals surface area contributed by atoms with Crippen molar-refractivity contribution < 1.29 is 8.42 Å². The van der Waals surface area contributed by atoms with Crippen LogP contribution in [0.2, 0.25) is 0 Å². The zero-order valence-corrected chi connectivity index (χ0v) is 12.9. The van der Waals surface area contributed by atoms with Gasteiger partial charge in [0.2, 0.25) is 10.0 Å². The van der Waals surface area contributed by atoms with Crippen LogP contribution >= 0.6 is 15.9 Å². The van der Waals surface area contributed by atoms with Crippen molar-refractivity contribution in [3.8, 4) is 0 Å². The topological polar surface area (TPSA) is 37.4 Å². The normalized spacial score (nSPS) is 17.5. The van der Waals surface area contributed by atoms with Crippen molar-refractivity contribution in [2.45, 2.75) is 30.6 Å². The Morgan fingerprint density at radius 2 is 1.78 bits per heavy atom. The van der Waals surface area contributed by atoms with Gasteiger partial charge in [0, 0.05) is 18.1 Å². The maximum atomic E-state index is 12.3. The van der Waals surface area contributed by atoms with Crippen molar-refractivity contribution >= 4 is 26.0 Å². The summed E-state index contributed by atoms with van der Waals surface area (Å²) in [4.78, 5) is 0.367. The van der Waals surface area contributed by atoms with Gasteiger partial charge in [0.1, 0.15) is 0 Å². The summed E-state index contributed by atoms with van der Waals surface area (Å²) < 4.78 is 27.1. The number of rotatable bonds is 4. The summed E-state index contributed by atoms with van der Waals surface area (Å²) in [6, 6.07) is 6.81. The van der Waals surface area contributed by atoms with E-state index in [0.717, 1.165) is 17.3 Å². The molecule has 100 valence electrons. The molecule has 0 spiro atoms. The lowest BCUT2D eigenvalue weighted by atomic mass is 10.1. The van der Waals surface area contributed by atoms with Crippen LogP contribution in [0.4, 0.5) is 0 Å². The van der Waals surface area contributed by atoms with Gasteiger partial charge in [-0.15, -0.1) is 0 Å². The van der Waals surface area contributed by atoms with Crippen molar-refractivity contribution in [1.82, 2.24) is 4.31 Å². The first-order chi connectivity index (χ1) is 8.50. The Bertz CT molecular complexity index is 492. The first-order valence-electron chi connectivity index (χ1n) is 6.22. The minimum Gasteiger partial charge on any atom is -0.207 e. The fraction of sp³-hybridized carbons (Fsp3) is 0.538. The third-order valence-electron chi connectivity index (χ3n) is 3.51. The Hall–Kier alpha value is -0.390. The molecule has 0 radical (unpaired) electrons. The predicted octanol–water partition coefficient (Wildman–Crippen LogP) is 3.26. The van der Waals surface area contributed by atoms with E-state index >= 15 is 0 Å². The Morgan fingerprint density at radius 3 is 2.33 bits per heavy atom. The van der Waals surface area contributed by atoms with Gasteiger partial charge < -0.3 is 0 Å². The third-order valence-corrected chi connectivity index (χ3v) is 5.88. The lowest BCUT2D eigenvalue weighted by Gasteiger charge is -2.20. The highest BCUT2D eigenvalue weighted by Gasteiger charge is 2.25. The van der Waals surface area contributed by atoms with Crippen molar-refractivity contribution in [2.24, 2.45) is 5.92 Å². The summed E-state index contributed by atoms with van der Waals surface area (Å²) in [6.45, 7) is 0.637. The molecule has 3 nitrogen and oxygen atoms in total. The molecule has 0 unspecified atom stereocenters. The van der Waals surface area contributed by atoms with E-state index in [-0.39, 0.29) is 0 Å². The number of benzene rings is 1. The van der Waals surface area contributed by atoms with Gasteiger partial charge in [-0.1, -0.05) is 28.8 Å². The van der Waals surface area contributed by atoms with E-state index in [1.54, 1.807) is 31.3 Å². The summed E-state index contributed by atoms with van der Waals surface area (Å²) in [5.41, 5.74) is 0. The van der Waals surface area contributed by atoms with E-state index in [9.17, 15) is 8.42 Å². The molecule has 1 aromatic rings. The van der Waals surface area contributed by atoms with Crippen LogP contribution in [0.15, 0.2) is 33.6 Å². The Morgan fingerprint density at radius 1 is 1.22 bits per heavy atom. The molecule has 2 rings (SSSR count). The predicted molar refractivity (Wildman–Crippen MR) is 75.9 cm³/mol. The Labute approximate surface area is 117 Å². The van der Waals surface area contributed by atoms with E-state index in [1.807, 2.05) is 0 Å². The minimum absolute atomic E-state index is 0.367. The van der Waals surface area contributed by atoms with Gasteiger partial charge in [0.25, 0.3) is 0 Å². The molecule has 1 saturated carbocycles. The molecule has 18 heavy (non-hydrogen) atoms. The molecule has 1 aliphatic rings. The van der Waals surface area contributed by atoms with Gasteiger partial charge in [0.15, 0.2) is 0 Å². The highest BCUT2D eigenvalue weighted by molar-refractivity contribution is 9.10. The zero-order chi connectivity index (χ0) is 13.2. The largest absolute Gasteiger partial charge is 0.242 e. The van der Waals surface area contributed by atoms with Crippen LogP contribution < -0.4 is 0 Å². The van der Waals surface area contributed by atoms with Crippen LogP contribution in [0.5, 0.6) is 0 Å². The second-order valence-electron chi connectivity index (χ2n) is 4.89. The lowest BCUT2D eigenvalue weighted by Crippen LogP contribution is -2.31. The van der Waals surface area contributed by atoms with Crippen molar-refractivity contribution in [2.75, 3.05) is 13.6 Å². The average Bonchev–Trinajstić information content (AvgIpc) is 2.82. The molecule has 0 bridgehead atoms. The van der Waals surface area contributed by atoms with Crippen LogP contribution in [-0.4, -0.2) is 26.3 Å². The van der Waals surface area contributed by atoms with Crippen molar-refractivity contribution in [3.63, 3.8) is 0 Å². The maximum absolute atomic E-state index is 12.3. The smallest absolute Gasteiger partial charge is 0.207 e. The van der Waals surface area contributed by atoms with Gasteiger partial charge in [-0.3, -0.25) is 0 Å². The first kappa shape index (κ1) is 14.0. The van der Waals surface area contributed by atoms with E-state index in [2.05, 4.69) is 15.9 Å². The fourth-order valence-electron chi connectivity index (χ4n) is 2.44. The van der Waals surface area contributed by atoms with E-state index < -0.39 is 10.0 Å². The van der Waals surface area contributed by atoms with Crippen molar-refractivity contribution in [3.05, 3.63) is 28.7 Å². The highest BCUT2D eigenvalue weighted by Crippen LogP contribution is 2.27. The van der Waals surface area contributed by atoms with Crippen molar-refractivity contribution in [1.29, 1.82) is 0 Å². The second-order valence-corrected chi connectivity index (χ2v) is 7.85. The maximum Gasteiger partial charge on any atom is 0.242 e. The molecule has 1 aliphatic carbocycles. The van der Waals surface area contributed by atoms with Crippen LogP contribution in [0, 0.1) is 5.92 Å². The zero-order valence-electron chi connectivity index (χ0n) is 10.5. The summed E-state index contributed by atoms with van der Waals surface area (Å²) in [7, 11) is -1.65. The molecular formula is C13H18BrNO2S. The van der Waals surface area contributed by atoms with Gasteiger partial charge in [-0.25, -0.2) is 12.7 Å². The Balaban J connectivity index is 2.11. The second kappa shape index (κ2) is 5.72. The van der Waals surface area contributed by atoms with Gasteiger partial charge >= 0.3 is 0 Å². The molecule has 0 aliphatic heterocycles. The van der Waals surface area contributed by atoms with Gasteiger partial charge in [0.05, 0.1) is 4.90 Å². The summed E-state index contributed by atoms with van der Waals surface area (Å²) >= 11 is 3.31. The molecule has 0 N–H and O–H groups in total. The van der Waals surface area contributed by atoms with E-state index in [1.165, 1.54) is 17.1 Å². The Kier molecular flexibility index (Phi) is 4.45. The van der Waals surface area contributed by atoms with E-state index in [4.69, 9.17) is 0 Å². The fourth-order valence-corrected chi connectivity index (χ4v) is 3.95. The monoisotopic (exact) mass is 331 g/mol. The van der Waals surface area contributed by atoms with Gasteiger partial charge in [-0.2, -0.15) is 0 Å². The molecule has 1 aromatic carbocycles. The molecule has 0 atom stereocenters. The molecule has 0 saturated heterocycles. The molecule has 1 fully saturated rings. The van der Waals surface area contributed by atoms with Crippen LogP contribution in [0.25, 0.3) is 0 Å². The SMILES string of the molecule is CN(CC1CCCC1)S(=O)(=O)c1ccc(Br)cc1. The molecule has 0 amide bonds. The van der Waals surface area contributed by atoms with Crippen LogP contribution in [0.3, 0.4) is 0 Å². The average molecular weight is 332 g/mol. The third kappa shape index (κ3) is 3.13. The molecule has 5 heteroatoms. The minimum atomic E-state index is -3.33. The van der Waals surface area contributed by atoms with E-state index in [0.29, 0.717) is 17.4 Å². The lowest BCUT2D eigenvalue weighted by molar-refractivity contribution is 0.387. The van der Waals surface area contributed by atoms with Crippen LogP contribution in [0.1, 0.15) is 25.7 Å². The molecule has 0 heterocycles. The number of hydrogen-bond acceptors (Lipinski definition) is 2. The number of hydrogen-bond donors (Lipinski definition) is 0. The van der Waals surface area contributed by atoms with Crippen LogP contribution in [-0.2, 0) is 10.0 Å². The number of nitrogens with zero attached hydrogens (tertiary/aromatic N) is 1. The number of halogens is 1. The summed E-state index contributed by atoms with van der Waals surface area (Å²) in [6.07, 6.45) is 4.77. The molecular weight excluding hydrogens is 314 g/mol. The quantitative estimate of drug-likeness (QED) is 0.849. The summed E-state index contributed by atoms with van der Waals surface area (Å²) in [5, 5.41) is 0. The number of sulfonamides is 1. The highest BCUT2D eigenvalue weighted by atomic mass is 79.9. The summed E-state index contributed by atoms with van der Waals surface area (Å²) in [5.74, 6) is 0.528.